The van der Waals surface area contributed by atoms with E-state index in [1.54, 1.807) is 0 Å². The van der Waals surface area contributed by atoms with Crippen LogP contribution in [-0.2, 0) is 16.2 Å². The highest BCUT2D eigenvalue weighted by Gasteiger charge is 2.23. The minimum atomic E-state index is -1.01. The van der Waals surface area contributed by atoms with Gasteiger partial charge in [0.05, 0.1) is 16.0 Å². The van der Waals surface area contributed by atoms with Crippen molar-refractivity contribution in [3.8, 4) is 0 Å². The van der Waals surface area contributed by atoms with Crippen molar-refractivity contribution in [1.82, 2.24) is 0 Å². The fourth-order valence-corrected chi connectivity index (χ4v) is 3.91. The van der Waals surface area contributed by atoms with Crippen LogP contribution < -0.4 is 5.73 Å². The van der Waals surface area contributed by atoms with E-state index in [1.165, 1.54) is 5.56 Å². The van der Waals surface area contributed by atoms with E-state index in [9.17, 15) is 4.21 Å². The summed E-state index contributed by atoms with van der Waals surface area (Å²) in [5.41, 5.74) is 7.58. The Kier molecular flexibility index (Phi) is 6.41. The van der Waals surface area contributed by atoms with E-state index in [0.29, 0.717) is 0 Å². The second-order valence-corrected chi connectivity index (χ2v) is 8.14. The molecule has 0 bridgehead atoms. The summed E-state index contributed by atoms with van der Waals surface area (Å²) < 4.78 is 12.7. The molecule has 0 aromatic heterocycles. The van der Waals surface area contributed by atoms with Gasteiger partial charge in [0.15, 0.2) is 0 Å². The van der Waals surface area contributed by atoms with Crippen LogP contribution in [0.2, 0.25) is 0 Å². The molecule has 0 aliphatic rings. The smallest absolute Gasteiger partial charge is 0.0576 e. The van der Waals surface area contributed by atoms with Gasteiger partial charge in [0.1, 0.15) is 0 Å². The number of hydrogen-bond donors (Lipinski definition) is 1. The molecule has 0 heterocycles. The van der Waals surface area contributed by atoms with Crippen molar-refractivity contribution >= 4 is 10.8 Å². The molecule has 0 fully saturated rings. The molecule has 0 saturated heterocycles. The van der Waals surface area contributed by atoms with Crippen molar-refractivity contribution in [3.05, 3.63) is 29.8 Å². The first-order chi connectivity index (χ1) is 9.31. The van der Waals surface area contributed by atoms with E-state index >= 15 is 0 Å². The maximum atomic E-state index is 12.7. The van der Waals surface area contributed by atoms with Crippen LogP contribution in [0.4, 0.5) is 0 Å². The monoisotopic (exact) mass is 295 g/mol. The van der Waals surface area contributed by atoms with Crippen molar-refractivity contribution in [2.75, 3.05) is 0 Å². The molecule has 20 heavy (non-hydrogen) atoms. The van der Waals surface area contributed by atoms with Crippen molar-refractivity contribution in [2.45, 2.75) is 75.5 Å². The molecule has 2 N–H and O–H groups in total. The van der Waals surface area contributed by atoms with Gasteiger partial charge in [-0.25, -0.2) is 0 Å². The first-order valence-corrected chi connectivity index (χ1v) is 8.79. The molecular formula is C17H29NOS. The zero-order valence-electron chi connectivity index (χ0n) is 13.5. The molecule has 3 heteroatoms. The van der Waals surface area contributed by atoms with Crippen molar-refractivity contribution in [2.24, 2.45) is 5.73 Å². The van der Waals surface area contributed by atoms with Gasteiger partial charge in [0.25, 0.3) is 0 Å². The standard InChI is InChI=1S/C17H29NOS/c1-6-8-15(18)16(7-2)20(19)14-11-9-13(10-12-14)17(3,4)5/h9-12,15-16H,6-8,18H2,1-5H3. The van der Waals surface area contributed by atoms with Crippen LogP contribution in [0.3, 0.4) is 0 Å². The molecule has 1 aromatic rings. The molecular weight excluding hydrogens is 266 g/mol. The Labute approximate surface area is 126 Å². The summed E-state index contributed by atoms with van der Waals surface area (Å²) in [6, 6.07) is 8.19. The van der Waals surface area contributed by atoms with E-state index in [0.717, 1.165) is 24.2 Å². The molecule has 0 aliphatic heterocycles. The number of rotatable bonds is 6. The molecule has 3 atom stereocenters. The first kappa shape index (κ1) is 17.4. The molecule has 3 unspecified atom stereocenters. The Bertz CT molecular complexity index is 433. The summed E-state index contributed by atoms with van der Waals surface area (Å²) in [5.74, 6) is 0. The number of hydrogen-bond acceptors (Lipinski definition) is 2. The van der Waals surface area contributed by atoms with Gasteiger partial charge in [0, 0.05) is 10.9 Å². The lowest BCUT2D eigenvalue weighted by molar-refractivity contribution is 0.549. The summed E-state index contributed by atoms with van der Waals surface area (Å²) in [4.78, 5) is 0.899. The molecule has 0 radical (unpaired) electrons. The average Bonchev–Trinajstić information content (AvgIpc) is 2.39. The van der Waals surface area contributed by atoms with Crippen molar-refractivity contribution in [1.29, 1.82) is 0 Å². The van der Waals surface area contributed by atoms with Gasteiger partial charge >= 0.3 is 0 Å². The molecule has 2 nitrogen and oxygen atoms in total. The van der Waals surface area contributed by atoms with Gasteiger partial charge in [0.2, 0.25) is 0 Å². The fraction of sp³-hybridized carbons (Fsp3) is 0.647. The number of benzene rings is 1. The van der Waals surface area contributed by atoms with Crippen LogP contribution >= 0.6 is 0 Å². The molecule has 0 aliphatic carbocycles. The van der Waals surface area contributed by atoms with Crippen molar-refractivity contribution in [3.63, 3.8) is 0 Å². The van der Waals surface area contributed by atoms with Crippen LogP contribution in [0.25, 0.3) is 0 Å². The van der Waals surface area contributed by atoms with Gasteiger partial charge in [-0.3, -0.25) is 4.21 Å². The highest BCUT2D eigenvalue weighted by Crippen LogP contribution is 2.24. The summed E-state index contributed by atoms with van der Waals surface area (Å²) in [6.07, 6.45) is 2.83. The Morgan fingerprint density at radius 3 is 2.10 bits per heavy atom. The Morgan fingerprint density at radius 1 is 1.15 bits per heavy atom. The quantitative estimate of drug-likeness (QED) is 0.862. The second-order valence-electron chi connectivity index (χ2n) is 6.47. The van der Waals surface area contributed by atoms with E-state index in [4.69, 9.17) is 5.73 Å². The molecule has 0 saturated carbocycles. The maximum absolute atomic E-state index is 12.7. The second kappa shape index (κ2) is 7.37. The Hall–Kier alpha value is -0.670. The highest BCUT2D eigenvalue weighted by molar-refractivity contribution is 7.85. The van der Waals surface area contributed by atoms with E-state index in [2.05, 4.69) is 46.8 Å². The normalized spacial score (nSPS) is 16.7. The van der Waals surface area contributed by atoms with E-state index in [1.807, 2.05) is 12.1 Å². The largest absolute Gasteiger partial charge is 0.327 e. The molecule has 0 spiro atoms. The van der Waals surface area contributed by atoms with Crippen LogP contribution in [0.1, 0.15) is 59.4 Å². The third-order valence-electron chi connectivity index (χ3n) is 3.73. The summed E-state index contributed by atoms with van der Waals surface area (Å²) >= 11 is 0. The molecule has 114 valence electrons. The van der Waals surface area contributed by atoms with Crippen LogP contribution in [0.5, 0.6) is 0 Å². The van der Waals surface area contributed by atoms with Crippen LogP contribution in [0.15, 0.2) is 29.2 Å². The molecule has 0 amide bonds. The van der Waals surface area contributed by atoms with E-state index in [-0.39, 0.29) is 16.7 Å². The lowest BCUT2D eigenvalue weighted by Gasteiger charge is -2.23. The zero-order chi connectivity index (χ0) is 15.3. The predicted molar refractivity (Wildman–Crippen MR) is 88.5 cm³/mol. The molecule has 1 rings (SSSR count). The first-order valence-electron chi connectivity index (χ1n) is 7.58. The van der Waals surface area contributed by atoms with Crippen LogP contribution in [-0.4, -0.2) is 15.5 Å². The van der Waals surface area contributed by atoms with Gasteiger partial charge in [-0.1, -0.05) is 53.2 Å². The lowest BCUT2D eigenvalue weighted by atomic mass is 9.87. The highest BCUT2D eigenvalue weighted by atomic mass is 32.2. The Balaban J connectivity index is 2.91. The lowest BCUT2D eigenvalue weighted by Crippen LogP contribution is -2.37. The predicted octanol–water partition coefficient (Wildman–Crippen LogP) is 4.00. The van der Waals surface area contributed by atoms with Gasteiger partial charge in [-0.05, 0) is 36.0 Å². The van der Waals surface area contributed by atoms with Gasteiger partial charge in [-0.15, -0.1) is 0 Å². The summed E-state index contributed by atoms with van der Waals surface area (Å²) in [5, 5.41) is 0.0513. The molecule has 1 aromatic carbocycles. The SMILES string of the molecule is CCCC(N)C(CC)S(=O)c1ccc(C(C)(C)C)cc1. The van der Waals surface area contributed by atoms with Crippen LogP contribution in [0, 0.1) is 0 Å². The fourth-order valence-electron chi connectivity index (χ4n) is 2.40. The minimum absolute atomic E-state index is 0.0214. The van der Waals surface area contributed by atoms with Gasteiger partial charge in [-0.2, -0.15) is 0 Å². The topological polar surface area (TPSA) is 43.1 Å². The van der Waals surface area contributed by atoms with E-state index < -0.39 is 10.8 Å². The summed E-state index contributed by atoms with van der Waals surface area (Å²) in [7, 11) is -1.01. The Morgan fingerprint density at radius 2 is 1.70 bits per heavy atom. The third-order valence-corrected chi connectivity index (χ3v) is 5.70. The average molecular weight is 295 g/mol. The number of nitrogens with two attached hydrogens (primary N) is 1. The third kappa shape index (κ3) is 4.42. The van der Waals surface area contributed by atoms with Gasteiger partial charge < -0.3 is 5.73 Å². The van der Waals surface area contributed by atoms with Crippen molar-refractivity contribution < 1.29 is 4.21 Å². The zero-order valence-corrected chi connectivity index (χ0v) is 14.3. The maximum Gasteiger partial charge on any atom is 0.0576 e. The minimum Gasteiger partial charge on any atom is -0.327 e. The summed E-state index contributed by atoms with van der Waals surface area (Å²) in [6.45, 7) is 10.7.